The van der Waals surface area contributed by atoms with Gasteiger partial charge < -0.3 is 6.74 Å². The third kappa shape index (κ3) is 7.18. The Morgan fingerprint density at radius 1 is 0.861 bits per heavy atom. The van der Waals surface area contributed by atoms with Gasteiger partial charge in [0.15, 0.2) is 0 Å². The van der Waals surface area contributed by atoms with Crippen LogP contribution in [0.15, 0.2) is 82.3 Å². The SMILES string of the molecule is Fc1cccc(F)c1NC(=S)c1cncc(Br)c1.Fc1cccc2sc(-c3cncc(Br)c3)nc12.[H-].[Na+]. The molecule has 5 rings (SSSR count). The number of nitrogens with zero attached hydrogens (tertiary/aromatic N) is 3. The van der Waals surface area contributed by atoms with Crippen LogP contribution in [-0.4, -0.2) is 19.9 Å². The standard InChI is InChI=1S/C12H7BrF2N2S.C12H6BrFN2S.Na.H/c13-8-4-7(5-16-6-8)12(18)17-11-9(14)2-1-3-10(11)15;13-8-4-7(5-15-6-8)12-16-11-9(14)2-1-3-10(11)17-12;;/h1-6H,(H,17,18);1-6H;;/q;;+1;-1. The first-order valence-corrected chi connectivity index (χ1v) is 12.6. The van der Waals surface area contributed by atoms with Gasteiger partial charge in [-0.05, 0) is 68.3 Å². The Kier molecular flexibility index (Phi) is 10.6. The van der Waals surface area contributed by atoms with Gasteiger partial charge in [0.25, 0.3) is 0 Å². The van der Waals surface area contributed by atoms with Crippen LogP contribution in [-0.2, 0) is 0 Å². The number of thiazole rings is 1. The molecule has 0 saturated heterocycles. The summed E-state index contributed by atoms with van der Waals surface area (Å²) < 4.78 is 42.8. The first-order valence-electron chi connectivity index (χ1n) is 9.83. The summed E-state index contributed by atoms with van der Waals surface area (Å²) >= 11 is 13.1. The molecule has 3 aromatic heterocycles. The van der Waals surface area contributed by atoms with Gasteiger partial charge >= 0.3 is 29.6 Å². The average Bonchev–Trinajstić information content (AvgIpc) is 3.28. The van der Waals surface area contributed by atoms with Gasteiger partial charge in [0.2, 0.25) is 0 Å². The second kappa shape index (κ2) is 13.2. The molecular formula is C24H14Br2F3N4NaS2. The molecule has 178 valence electrons. The molecule has 0 aliphatic carbocycles. The maximum Gasteiger partial charge on any atom is 1.00 e. The molecule has 0 aliphatic heterocycles. The molecule has 0 unspecified atom stereocenters. The van der Waals surface area contributed by atoms with Crippen molar-refractivity contribution >= 4 is 76.3 Å². The van der Waals surface area contributed by atoms with Gasteiger partial charge in [-0.15, -0.1) is 11.3 Å². The quantitative estimate of drug-likeness (QED) is 0.211. The number of para-hydroxylation sites is 2. The molecule has 0 aliphatic rings. The maximum atomic E-state index is 13.5. The molecule has 4 nitrogen and oxygen atoms in total. The number of rotatable bonds is 3. The van der Waals surface area contributed by atoms with Crippen LogP contribution in [0, 0.1) is 17.5 Å². The third-order valence-corrected chi connectivity index (χ3v) is 6.76. The zero-order chi connectivity index (χ0) is 24.9. The van der Waals surface area contributed by atoms with E-state index in [1.54, 1.807) is 30.7 Å². The van der Waals surface area contributed by atoms with E-state index in [2.05, 4.69) is 52.1 Å². The summed E-state index contributed by atoms with van der Waals surface area (Å²) in [5, 5.41) is 3.32. The van der Waals surface area contributed by atoms with Crippen LogP contribution in [0.1, 0.15) is 6.99 Å². The van der Waals surface area contributed by atoms with Crippen LogP contribution in [0.25, 0.3) is 20.8 Å². The molecule has 0 amide bonds. The van der Waals surface area contributed by atoms with Gasteiger partial charge in [-0.1, -0.05) is 24.4 Å². The molecule has 12 heteroatoms. The molecule has 0 fully saturated rings. The van der Waals surface area contributed by atoms with Crippen LogP contribution < -0.4 is 34.9 Å². The average molecular weight is 662 g/mol. The fraction of sp³-hybridized carbons (Fsp3) is 0. The Morgan fingerprint density at radius 2 is 1.47 bits per heavy atom. The van der Waals surface area contributed by atoms with E-state index >= 15 is 0 Å². The smallest absolute Gasteiger partial charge is 1.00 e. The van der Waals surface area contributed by atoms with E-state index in [-0.39, 0.29) is 47.5 Å². The predicted molar refractivity (Wildman–Crippen MR) is 145 cm³/mol. The fourth-order valence-electron chi connectivity index (χ4n) is 2.91. The summed E-state index contributed by atoms with van der Waals surface area (Å²) in [5.41, 5.74) is 1.62. The van der Waals surface area contributed by atoms with Crippen molar-refractivity contribution in [1.82, 2.24) is 15.0 Å². The molecule has 0 saturated carbocycles. The minimum absolute atomic E-state index is 0. The number of pyridine rings is 2. The molecule has 2 aromatic carbocycles. The topological polar surface area (TPSA) is 50.7 Å². The minimum Gasteiger partial charge on any atom is -1.00 e. The summed E-state index contributed by atoms with van der Waals surface area (Å²) in [6.07, 6.45) is 6.53. The minimum atomic E-state index is -0.694. The van der Waals surface area contributed by atoms with Crippen LogP contribution in [0.4, 0.5) is 18.9 Å². The molecule has 3 heterocycles. The van der Waals surface area contributed by atoms with E-state index in [1.807, 2.05) is 12.1 Å². The number of halogens is 5. The molecule has 0 atom stereocenters. The van der Waals surface area contributed by atoms with Gasteiger partial charge in [-0.2, -0.15) is 0 Å². The second-order valence-electron chi connectivity index (χ2n) is 6.94. The normalized spacial score (nSPS) is 10.2. The summed E-state index contributed by atoms with van der Waals surface area (Å²) in [4.78, 5) is 12.5. The molecule has 0 radical (unpaired) electrons. The van der Waals surface area contributed by atoms with Gasteiger partial charge in [-0.25, -0.2) is 18.2 Å². The number of nitrogens with one attached hydrogen (secondary N) is 1. The van der Waals surface area contributed by atoms with E-state index < -0.39 is 11.6 Å². The summed E-state index contributed by atoms with van der Waals surface area (Å²) in [6, 6.07) is 12.2. The number of hydrogen-bond acceptors (Lipinski definition) is 5. The summed E-state index contributed by atoms with van der Waals surface area (Å²) in [6.45, 7) is 0. The van der Waals surface area contributed by atoms with Crippen molar-refractivity contribution in [3.63, 3.8) is 0 Å². The molecule has 0 spiro atoms. The first kappa shape index (κ1) is 28.8. The van der Waals surface area contributed by atoms with E-state index in [1.165, 1.54) is 29.7 Å². The molecular weight excluding hydrogens is 648 g/mol. The Labute approximate surface area is 254 Å². The van der Waals surface area contributed by atoms with Crippen molar-refractivity contribution in [2.45, 2.75) is 0 Å². The molecule has 5 aromatic rings. The van der Waals surface area contributed by atoms with E-state index in [9.17, 15) is 13.2 Å². The Balaban J connectivity index is 0.000000247. The number of benzene rings is 2. The summed E-state index contributed by atoms with van der Waals surface area (Å²) in [5.74, 6) is -1.67. The Hall–Kier alpha value is -1.73. The zero-order valence-corrected chi connectivity index (χ0v) is 25.3. The van der Waals surface area contributed by atoms with Crippen LogP contribution in [0.3, 0.4) is 0 Å². The number of aromatic nitrogens is 3. The number of fused-ring (bicyclic) bond motifs is 1. The van der Waals surface area contributed by atoms with Crippen LogP contribution in [0.2, 0.25) is 0 Å². The van der Waals surface area contributed by atoms with Crippen molar-refractivity contribution < 1.29 is 44.2 Å². The first-order chi connectivity index (χ1) is 16.8. The number of anilines is 1. The molecule has 1 N–H and O–H groups in total. The van der Waals surface area contributed by atoms with Gasteiger partial charge in [0.05, 0.1) is 4.70 Å². The molecule has 36 heavy (non-hydrogen) atoms. The van der Waals surface area contributed by atoms with Crippen molar-refractivity contribution in [3.8, 4) is 10.6 Å². The zero-order valence-electron chi connectivity index (χ0n) is 19.5. The van der Waals surface area contributed by atoms with Gasteiger partial charge in [0.1, 0.15) is 38.7 Å². The number of thiocarbonyl (C=S) groups is 1. The van der Waals surface area contributed by atoms with Crippen LogP contribution in [0.5, 0.6) is 0 Å². The monoisotopic (exact) mass is 660 g/mol. The van der Waals surface area contributed by atoms with Gasteiger partial charge in [0, 0.05) is 44.9 Å². The second-order valence-corrected chi connectivity index (χ2v) is 10.2. The maximum absolute atomic E-state index is 13.5. The summed E-state index contributed by atoms with van der Waals surface area (Å²) in [7, 11) is 0. The predicted octanol–water partition coefficient (Wildman–Crippen LogP) is 5.29. The van der Waals surface area contributed by atoms with Crippen LogP contribution >= 0.6 is 55.4 Å². The third-order valence-electron chi connectivity index (χ3n) is 4.49. The van der Waals surface area contributed by atoms with Crippen molar-refractivity contribution in [2.24, 2.45) is 0 Å². The van der Waals surface area contributed by atoms with E-state index in [0.29, 0.717) is 11.1 Å². The molecule has 0 bridgehead atoms. The number of hydrogen-bond donors (Lipinski definition) is 1. The van der Waals surface area contributed by atoms with Crippen molar-refractivity contribution in [3.05, 3.63) is 105 Å². The van der Waals surface area contributed by atoms with Gasteiger partial charge in [-0.3, -0.25) is 9.97 Å². The van der Waals surface area contributed by atoms with E-state index in [4.69, 9.17) is 12.2 Å². The van der Waals surface area contributed by atoms with Crippen molar-refractivity contribution in [2.75, 3.05) is 5.32 Å². The van der Waals surface area contributed by atoms with Crippen molar-refractivity contribution in [1.29, 1.82) is 0 Å². The Bertz CT molecular complexity index is 1520. The largest absolute Gasteiger partial charge is 1.00 e. The fourth-order valence-corrected chi connectivity index (χ4v) is 4.81. The Morgan fingerprint density at radius 3 is 2.11 bits per heavy atom. The van der Waals surface area contributed by atoms with E-state index in [0.717, 1.165) is 36.3 Å².